The van der Waals surface area contributed by atoms with Gasteiger partial charge in [0.2, 0.25) is 0 Å². The number of benzene rings is 9. The number of hydrogen-bond acceptors (Lipinski definition) is 5. The molecule has 0 amide bonds. The predicted molar refractivity (Wildman–Crippen MR) is 318 cm³/mol. The minimum absolute atomic E-state index is 0.00705. The molecule has 1 saturated carbocycles. The topological polar surface area (TPSA) is 9.72 Å². The summed E-state index contributed by atoms with van der Waals surface area (Å²) >= 11 is 3.82. The van der Waals surface area contributed by atoms with E-state index in [1.807, 2.05) is 22.7 Å². The third kappa shape index (κ3) is 6.11. The Hall–Kier alpha value is -7.12. The van der Waals surface area contributed by atoms with E-state index in [0.717, 1.165) is 6.42 Å². The molecule has 11 aromatic rings. The van der Waals surface area contributed by atoms with Crippen molar-refractivity contribution in [2.24, 2.45) is 0 Å². The molecule has 15 rings (SSSR count). The largest absolute Gasteiger partial charge is 0.334 e. The number of hydrogen-bond donors (Lipinski definition) is 0. The molecule has 354 valence electrons. The van der Waals surface area contributed by atoms with Crippen LogP contribution in [-0.2, 0) is 10.8 Å². The van der Waals surface area contributed by atoms with Crippen molar-refractivity contribution in [2.75, 3.05) is 14.7 Å². The lowest BCUT2D eigenvalue weighted by atomic mass is 9.33. The van der Waals surface area contributed by atoms with Gasteiger partial charge in [-0.2, -0.15) is 0 Å². The van der Waals surface area contributed by atoms with Crippen LogP contribution in [-0.4, -0.2) is 12.3 Å². The van der Waals surface area contributed by atoms with E-state index in [4.69, 9.17) is 0 Å². The first kappa shape index (κ1) is 43.5. The van der Waals surface area contributed by atoms with Crippen LogP contribution < -0.4 is 31.1 Å². The molecule has 5 heterocycles. The Morgan fingerprint density at radius 2 is 1.14 bits per heavy atom. The van der Waals surface area contributed by atoms with Crippen molar-refractivity contribution >= 4 is 132 Å². The van der Waals surface area contributed by atoms with Gasteiger partial charge in [0.25, 0.3) is 6.71 Å². The summed E-state index contributed by atoms with van der Waals surface area (Å²) < 4.78 is 5.26. The van der Waals surface area contributed by atoms with Gasteiger partial charge in [0.05, 0.1) is 15.9 Å². The lowest BCUT2D eigenvalue weighted by Crippen LogP contribution is -2.61. The maximum absolute atomic E-state index is 2.79. The standard InChI is InChI=1S/C67H56BN3S2/c1-41-35-58-63-59(36-41)70(55-22-16-21-50-48-20-11-13-24-61(48)73-64(50)55)57-39-46(71-54-32-26-44(65(2,3)4)38-51(54)66(5)33-14-15-34-67(66,71)6)28-31-53(57)68(63)52-30-25-43(42-17-8-7-9-18-42)37-56(52)69(58)45-27-29-49-47-19-10-12-23-60(47)72-62(49)40-45/h7-13,16-32,35-40H,14-15,33-34H2,1-6H3. The van der Waals surface area contributed by atoms with E-state index in [0.29, 0.717) is 0 Å². The van der Waals surface area contributed by atoms with Crippen molar-refractivity contribution in [1.29, 1.82) is 0 Å². The SMILES string of the molecule is Cc1cc2c3c(c1)N(c1cccc4c1sc1ccccc14)c1cc(N4c5ccc(C(C)(C)C)cc5C5(C)CCCCC45C)ccc1B3c1ccc(-c3ccccc3)cc1N2c1ccc2c(c1)sc1ccccc12. The second kappa shape index (κ2) is 15.5. The molecule has 1 fully saturated rings. The summed E-state index contributed by atoms with van der Waals surface area (Å²) in [6, 6.07) is 70.3. The summed E-state index contributed by atoms with van der Waals surface area (Å²) in [6.45, 7) is 14.5. The van der Waals surface area contributed by atoms with Gasteiger partial charge in [-0.15, -0.1) is 22.7 Å². The summed E-state index contributed by atoms with van der Waals surface area (Å²) in [4.78, 5) is 8.07. The Kier molecular flexibility index (Phi) is 9.20. The smallest absolute Gasteiger partial charge is 0.252 e. The third-order valence-corrected chi connectivity index (χ3v) is 20.1. The molecule has 0 saturated heterocycles. The zero-order chi connectivity index (χ0) is 49.1. The molecule has 0 bridgehead atoms. The molecule has 73 heavy (non-hydrogen) atoms. The quantitative estimate of drug-likeness (QED) is 0.163. The first-order valence-corrected chi connectivity index (χ1v) is 28.0. The lowest BCUT2D eigenvalue weighted by Gasteiger charge is -2.50. The highest BCUT2D eigenvalue weighted by molar-refractivity contribution is 7.26. The van der Waals surface area contributed by atoms with Gasteiger partial charge in [0.15, 0.2) is 0 Å². The number of thiophene rings is 2. The lowest BCUT2D eigenvalue weighted by molar-refractivity contribution is 0.195. The van der Waals surface area contributed by atoms with E-state index in [1.54, 1.807) is 0 Å². The Bertz CT molecular complexity index is 4120. The molecule has 4 aliphatic rings. The predicted octanol–water partition coefficient (Wildman–Crippen LogP) is 17.5. The van der Waals surface area contributed by atoms with Crippen LogP contribution >= 0.6 is 22.7 Å². The first-order chi connectivity index (χ1) is 35.5. The Morgan fingerprint density at radius 3 is 1.93 bits per heavy atom. The first-order valence-electron chi connectivity index (χ1n) is 26.3. The van der Waals surface area contributed by atoms with Crippen LogP contribution in [0.3, 0.4) is 0 Å². The fraction of sp³-hybridized carbons (Fsp3) is 0.194. The van der Waals surface area contributed by atoms with Gasteiger partial charge in [-0.05, 0) is 143 Å². The van der Waals surface area contributed by atoms with E-state index in [9.17, 15) is 0 Å². The number of rotatable bonds is 4. The fourth-order valence-corrected chi connectivity index (χ4v) is 16.3. The van der Waals surface area contributed by atoms with E-state index in [2.05, 4.69) is 238 Å². The summed E-state index contributed by atoms with van der Waals surface area (Å²) in [7, 11) is 0. The van der Waals surface area contributed by atoms with E-state index in [-0.39, 0.29) is 23.1 Å². The molecule has 0 radical (unpaired) electrons. The molecule has 3 aliphatic heterocycles. The minimum atomic E-state index is -0.0910. The van der Waals surface area contributed by atoms with E-state index in [1.165, 1.54) is 149 Å². The second-order valence-electron chi connectivity index (χ2n) is 22.9. The highest BCUT2D eigenvalue weighted by Gasteiger charge is 2.58. The molecular weight excluding hydrogens is 922 g/mol. The zero-order valence-corrected chi connectivity index (χ0v) is 44.0. The normalized spacial score (nSPS) is 18.9. The Balaban J connectivity index is 1.01. The van der Waals surface area contributed by atoms with Gasteiger partial charge >= 0.3 is 0 Å². The molecule has 2 unspecified atom stereocenters. The third-order valence-electron chi connectivity index (χ3n) is 17.8. The number of aryl methyl sites for hydroxylation is 1. The molecule has 6 heteroatoms. The van der Waals surface area contributed by atoms with Crippen molar-refractivity contribution in [1.82, 2.24) is 0 Å². The van der Waals surface area contributed by atoms with Gasteiger partial charge in [-0.3, -0.25) is 0 Å². The molecule has 1 aliphatic carbocycles. The molecule has 2 atom stereocenters. The van der Waals surface area contributed by atoms with E-state index < -0.39 is 0 Å². The molecule has 9 aromatic carbocycles. The highest BCUT2D eigenvalue weighted by atomic mass is 32.1. The van der Waals surface area contributed by atoms with Crippen LogP contribution in [0.4, 0.5) is 45.5 Å². The number of fused-ring (bicyclic) bond motifs is 13. The van der Waals surface area contributed by atoms with Crippen LogP contribution in [0, 0.1) is 6.92 Å². The van der Waals surface area contributed by atoms with Crippen LogP contribution in [0.25, 0.3) is 51.5 Å². The summed E-state index contributed by atoms with van der Waals surface area (Å²) in [5.74, 6) is 0. The monoisotopic (exact) mass is 977 g/mol. The highest BCUT2D eigenvalue weighted by Crippen LogP contribution is 2.62. The average Bonchev–Trinajstić information content (AvgIpc) is 4.05. The second-order valence-corrected chi connectivity index (χ2v) is 25.0. The zero-order valence-electron chi connectivity index (χ0n) is 42.4. The van der Waals surface area contributed by atoms with Crippen molar-refractivity contribution in [3.8, 4) is 11.1 Å². The van der Waals surface area contributed by atoms with Gasteiger partial charge in [0, 0.05) is 80.9 Å². The van der Waals surface area contributed by atoms with Crippen molar-refractivity contribution in [3.05, 3.63) is 199 Å². The summed E-state index contributed by atoms with van der Waals surface area (Å²) in [6.07, 6.45) is 4.84. The van der Waals surface area contributed by atoms with Gasteiger partial charge in [0.1, 0.15) is 0 Å². The van der Waals surface area contributed by atoms with Gasteiger partial charge < -0.3 is 14.7 Å². The van der Waals surface area contributed by atoms with Gasteiger partial charge in [-0.25, -0.2) is 0 Å². The summed E-state index contributed by atoms with van der Waals surface area (Å²) in [5, 5.41) is 5.26. The maximum Gasteiger partial charge on any atom is 0.252 e. The van der Waals surface area contributed by atoms with Crippen molar-refractivity contribution < 1.29 is 0 Å². The number of anilines is 8. The van der Waals surface area contributed by atoms with Gasteiger partial charge in [-0.1, -0.05) is 156 Å². The molecule has 3 nitrogen and oxygen atoms in total. The average molecular weight is 978 g/mol. The van der Waals surface area contributed by atoms with Crippen LogP contribution in [0.5, 0.6) is 0 Å². The Labute approximate surface area is 437 Å². The molecule has 0 spiro atoms. The fourth-order valence-electron chi connectivity index (χ4n) is 14.0. The van der Waals surface area contributed by atoms with Crippen LogP contribution in [0.1, 0.15) is 77.0 Å². The van der Waals surface area contributed by atoms with Crippen molar-refractivity contribution in [2.45, 2.75) is 83.6 Å². The molecular formula is C67H56BN3S2. The number of nitrogens with zero attached hydrogens (tertiary/aromatic N) is 3. The van der Waals surface area contributed by atoms with Crippen LogP contribution in [0.15, 0.2) is 182 Å². The molecule has 0 N–H and O–H groups in total. The maximum atomic E-state index is 2.79. The van der Waals surface area contributed by atoms with Crippen LogP contribution in [0.2, 0.25) is 0 Å². The summed E-state index contributed by atoms with van der Waals surface area (Å²) in [5.41, 5.74) is 20.7. The Morgan fingerprint density at radius 1 is 0.479 bits per heavy atom. The molecule has 2 aromatic heterocycles. The van der Waals surface area contributed by atoms with E-state index >= 15 is 0 Å². The minimum Gasteiger partial charge on any atom is -0.334 e. The van der Waals surface area contributed by atoms with Crippen molar-refractivity contribution in [3.63, 3.8) is 0 Å².